The molecule has 0 aliphatic carbocycles. The van der Waals surface area contributed by atoms with Crippen molar-refractivity contribution in [3.05, 3.63) is 96.1 Å². The van der Waals surface area contributed by atoms with Gasteiger partial charge in [0, 0.05) is 30.1 Å². The van der Waals surface area contributed by atoms with Gasteiger partial charge >= 0.3 is 0 Å². The van der Waals surface area contributed by atoms with Crippen molar-refractivity contribution in [1.29, 1.82) is 0 Å². The third kappa shape index (κ3) is 5.62. The average molecular weight is 448 g/mol. The summed E-state index contributed by atoms with van der Waals surface area (Å²) in [4.78, 5) is 21.4. The lowest BCUT2D eigenvalue weighted by Gasteiger charge is -2.11. The van der Waals surface area contributed by atoms with Crippen molar-refractivity contribution in [1.82, 2.24) is 15.3 Å². The van der Waals surface area contributed by atoms with Gasteiger partial charge in [-0.1, -0.05) is 30.3 Å². The van der Waals surface area contributed by atoms with Gasteiger partial charge in [0.15, 0.2) is 0 Å². The van der Waals surface area contributed by atoms with Gasteiger partial charge in [-0.2, -0.15) is 0 Å². The Morgan fingerprint density at radius 2 is 1.75 bits per heavy atom. The molecule has 0 unspecified atom stereocenters. The van der Waals surface area contributed by atoms with E-state index in [9.17, 15) is 9.18 Å². The van der Waals surface area contributed by atoms with Crippen molar-refractivity contribution >= 4 is 28.6 Å². The van der Waals surface area contributed by atoms with E-state index in [4.69, 9.17) is 4.74 Å². The van der Waals surface area contributed by atoms with E-state index in [-0.39, 0.29) is 11.7 Å². The smallest absolute Gasteiger partial charge is 0.254 e. The average Bonchev–Trinajstić information content (AvgIpc) is 2.83. The standard InChI is InChI=1S/C25H22FN3O2S/c26-20-11-9-18(10-12-20)17-32-25-21(7-3-14-29-25)24(30)28-15-4-16-31-22-8-1-5-19-6-2-13-27-23(19)22/h1-3,5-14H,4,15-17H2,(H,28,30). The normalized spacial score (nSPS) is 10.8. The fourth-order valence-corrected chi connectivity index (χ4v) is 4.10. The summed E-state index contributed by atoms with van der Waals surface area (Å²) in [6.07, 6.45) is 4.07. The topological polar surface area (TPSA) is 64.1 Å². The highest BCUT2D eigenvalue weighted by molar-refractivity contribution is 7.98. The van der Waals surface area contributed by atoms with Crippen molar-refractivity contribution in [2.45, 2.75) is 17.2 Å². The van der Waals surface area contributed by atoms with E-state index in [1.807, 2.05) is 30.3 Å². The highest BCUT2D eigenvalue weighted by Gasteiger charge is 2.12. The second-order valence-electron chi connectivity index (χ2n) is 7.06. The lowest BCUT2D eigenvalue weighted by atomic mass is 10.2. The number of benzene rings is 2. The number of fused-ring (bicyclic) bond motifs is 1. The van der Waals surface area contributed by atoms with Crippen LogP contribution in [0.15, 0.2) is 84.1 Å². The molecular weight excluding hydrogens is 425 g/mol. The molecule has 2 aromatic heterocycles. The van der Waals surface area contributed by atoms with Crippen LogP contribution in [0.4, 0.5) is 4.39 Å². The molecule has 0 bridgehead atoms. The SMILES string of the molecule is O=C(NCCCOc1cccc2cccnc12)c1cccnc1SCc1ccc(F)cc1. The first kappa shape index (κ1) is 21.8. The molecule has 4 aromatic rings. The minimum Gasteiger partial charge on any atom is -0.491 e. The number of aromatic nitrogens is 2. The lowest BCUT2D eigenvalue weighted by molar-refractivity contribution is 0.0948. The van der Waals surface area contributed by atoms with Gasteiger partial charge in [-0.15, -0.1) is 11.8 Å². The number of halogens is 1. The summed E-state index contributed by atoms with van der Waals surface area (Å²) in [5.74, 6) is 0.898. The van der Waals surface area contributed by atoms with Gasteiger partial charge in [-0.3, -0.25) is 9.78 Å². The van der Waals surface area contributed by atoms with E-state index >= 15 is 0 Å². The minimum absolute atomic E-state index is 0.175. The second kappa shape index (κ2) is 10.7. The van der Waals surface area contributed by atoms with E-state index in [1.165, 1.54) is 23.9 Å². The van der Waals surface area contributed by atoms with Gasteiger partial charge in [0.05, 0.1) is 12.2 Å². The number of pyridine rings is 2. The number of hydrogen-bond acceptors (Lipinski definition) is 5. The first-order valence-corrected chi connectivity index (χ1v) is 11.3. The summed E-state index contributed by atoms with van der Waals surface area (Å²) < 4.78 is 18.9. The molecule has 0 aliphatic rings. The predicted molar refractivity (Wildman–Crippen MR) is 124 cm³/mol. The maximum absolute atomic E-state index is 13.1. The summed E-state index contributed by atoms with van der Waals surface area (Å²) >= 11 is 1.45. The number of ether oxygens (including phenoxy) is 1. The predicted octanol–water partition coefficient (Wildman–Crippen LogP) is 5.26. The Kier molecular flexibility index (Phi) is 7.30. The number of para-hydroxylation sites is 1. The van der Waals surface area contributed by atoms with Crippen molar-refractivity contribution < 1.29 is 13.9 Å². The largest absolute Gasteiger partial charge is 0.491 e. The maximum atomic E-state index is 13.1. The Bertz CT molecular complexity index is 1200. The van der Waals surface area contributed by atoms with Gasteiger partial charge in [0.25, 0.3) is 5.91 Å². The van der Waals surface area contributed by atoms with Crippen LogP contribution >= 0.6 is 11.8 Å². The minimum atomic E-state index is -0.266. The van der Waals surface area contributed by atoms with Gasteiger partial charge in [-0.25, -0.2) is 9.37 Å². The molecule has 0 saturated carbocycles. The zero-order valence-electron chi connectivity index (χ0n) is 17.3. The molecule has 0 aliphatic heterocycles. The van der Waals surface area contributed by atoms with Gasteiger partial charge in [0.1, 0.15) is 22.1 Å². The number of amides is 1. The van der Waals surface area contributed by atoms with Crippen LogP contribution in [0.25, 0.3) is 10.9 Å². The Hall–Kier alpha value is -3.45. The molecule has 2 heterocycles. The highest BCUT2D eigenvalue weighted by atomic mass is 32.2. The van der Waals surface area contributed by atoms with Crippen LogP contribution in [0.1, 0.15) is 22.3 Å². The van der Waals surface area contributed by atoms with E-state index in [0.717, 1.165) is 22.2 Å². The number of nitrogens with zero attached hydrogens (tertiary/aromatic N) is 2. The van der Waals surface area contributed by atoms with Crippen LogP contribution in [0, 0.1) is 5.82 Å². The van der Waals surface area contributed by atoms with Crippen LogP contribution in [0.5, 0.6) is 5.75 Å². The van der Waals surface area contributed by atoms with E-state index in [0.29, 0.717) is 35.9 Å². The number of carbonyl (C=O) groups is 1. The number of thioether (sulfide) groups is 1. The Labute approximate surface area is 190 Å². The lowest BCUT2D eigenvalue weighted by Crippen LogP contribution is -2.26. The summed E-state index contributed by atoms with van der Waals surface area (Å²) in [6.45, 7) is 0.948. The van der Waals surface area contributed by atoms with Crippen molar-refractivity contribution in [2.75, 3.05) is 13.2 Å². The second-order valence-corrected chi connectivity index (χ2v) is 8.02. The molecule has 0 fully saturated rings. The number of nitrogens with one attached hydrogen (secondary N) is 1. The first-order chi connectivity index (χ1) is 15.7. The molecule has 0 atom stereocenters. The van der Waals surface area contributed by atoms with Crippen LogP contribution in [-0.2, 0) is 5.75 Å². The molecule has 2 aromatic carbocycles. The molecule has 162 valence electrons. The van der Waals surface area contributed by atoms with E-state index in [2.05, 4.69) is 15.3 Å². The summed E-state index contributed by atoms with van der Waals surface area (Å²) in [5, 5.41) is 4.60. The third-order valence-corrected chi connectivity index (χ3v) is 5.84. The van der Waals surface area contributed by atoms with E-state index in [1.54, 1.807) is 36.7 Å². The summed E-state index contributed by atoms with van der Waals surface area (Å²) in [7, 11) is 0. The molecule has 0 saturated heterocycles. The Balaban J connectivity index is 1.27. The van der Waals surface area contributed by atoms with Crippen molar-refractivity contribution in [3.8, 4) is 5.75 Å². The molecule has 0 spiro atoms. The van der Waals surface area contributed by atoms with Gasteiger partial charge in [0.2, 0.25) is 0 Å². The quantitative estimate of drug-likeness (QED) is 0.280. The molecule has 32 heavy (non-hydrogen) atoms. The first-order valence-electron chi connectivity index (χ1n) is 10.3. The Morgan fingerprint density at radius 3 is 2.62 bits per heavy atom. The highest BCUT2D eigenvalue weighted by Crippen LogP contribution is 2.25. The van der Waals surface area contributed by atoms with Crippen LogP contribution in [0.3, 0.4) is 0 Å². The maximum Gasteiger partial charge on any atom is 0.254 e. The van der Waals surface area contributed by atoms with Crippen LogP contribution in [0.2, 0.25) is 0 Å². The zero-order valence-corrected chi connectivity index (χ0v) is 18.1. The molecule has 7 heteroatoms. The third-order valence-electron chi connectivity index (χ3n) is 4.76. The number of carbonyl (C=O) groups excluding carboxylic acids is 1. The van der Waals surface area contributed by atoms with Gasteiger partial charge < -0.3 is 10.1 Å². The van der Waals surface area contributed by atoms with E-state index < -0.39 is 0 Å². The fourth-order valence-electron chi connectivity index (χ4n) is 3.16. The Morgan fingerprint density at radius 1 is 0.969 bits per heavy atom. The molecule has 5 nitrogen and oxygen atoms in total. The molecule has 0 radical (unpaired) electrons. The van der Waals surface area contributed by atoms with Crippen LogP contribution in [-0.4, -0.2) is 29.0 Å². The number of rotatable bonds is 9. The summed E-state index contributed by atoms with van der Waals surface area (Å²) in [6, 6.07) is 19.5. The monoisotopic (exact) mass is 447 g/mol. The molecule has 4 rings (SSSR count). The zero-order chi connectivity index (χ0) is 22.2. The van der Waals surface area contributed by atoms with Crippen LogP contribution < -0.4 is 10.1 Å². The molecular formula is C25H22FN3O2S. The number of hydrogen-bond donors (Lipinski definition) is 1. The molecule has 1 amide bonds. The van der Waals surface area contributed by atoms with Gasteiger partial charge in [-0.05, 0) is 48.4 Å². The van der Waals surface area contributed by atoms with Crippen molar-refractivity contribution in [3.63, 3.8) is 0 Å². The van der Waals surface area contributed by atoms with Crippen molar-refractivity contribution in [2.24, 2.45) is 0 Å². The summed E-state index contributed by atoms with van der Waals surface area (Å²) in [5.41, 5.74) is 2.32. The molecule has 1 N–H and O–H groups in total. The fraction of sp³-hybridized carbons (Fsp3) is 0.160.